The average Bonchev–Trinajstić information content (AvgIpc) is 2.75. The highest BCUT2D eigenvalue weighted by Crippen LogP contribution is 2.42. The van der Waals surface area contributed by atoms with Gasteiger partial charge >= 0.3 is 0 Å². The van der Waals surface area contributed by atoms with Crippen molar-refractivity contribution in [1.29, 1.82) is 5.26 Å². The van der Waals surface area contributed by atoms with E-state index in [2.05, 4.69) is 11.0 Å². The SMILES string of the molecule is COc1ccc(CN2CSC3=C(C#N)[C@@H](c4ccc(C)cc4)CC(=O)N3C2)cc1. The molecule has 1 amide bonds. The number of aryl methyl sites for hydroxylation is 1. The number of benzene rings is 2. The fraction of sp³-hybridized carbons (Fsp3) is 0.304. The third kappa shape index (κ3) is 4.02. The Hall–Kier alpha value is -2.75. The summed E-state index contributed by atoms with van der Waals surface area (Å²) in [5, 5.41) is 10.7. The number of methoxy groups -OCH3 is 1. The van der Waals surface area contributed by atoms with Crippen LogP contribution in [0.2, 0.25) is 0 Å². The first-order valence-electron chi connectivity index (χ1n) is 9.58. The number of amides is 1. The van der Waals surface area contributed by atoms with Crippen molar-refractivity contribution in [3.8, 4) is 11.8 Å². The molecule has 0 saturated carbocycles. The molecule has 0 radical (unpaired) electrons. The maximum Gasteiger partial charge on any atom is 0.229 e. The lowest BCUT2D eigenvalue weighted by Gasteiger charge is -2.41. The summed E-state index contributed by atoms with van der Waals surface area (Å²) >= 11 is 1.58. The molecular weight excluding hydrogens is 382 g/mol. The molecule has 29 heavy (non-hydrogen) atoms. The summed E-state index contributed by atoms with van der Waals surface area (Å²) in [6.07, 6.45) is 0.340. The van der Waals surface area contributed by atoms with Gasteiger partial charge in [0.2, 0.25) is 5.91 Å². The first-order valence-corrected chi connectivity index (χ1v) is 10.6. The van der Waals surface area contributed by atoms with Crippen LogP contribution in [0.25, 0.3) is 0 Å². The van der Waals surface area contributed by atoms with E-state index in [4.69, 9.17) is 4.74 Å². The largest absolute Gasteiger partial charge is 0.497 e. The minimum atomic E-state index is -0.153. The molecule has 2 heterocycles. The van der Waals surface area contributed by atoms with E-state index in [0.717, 1.165) is 28.8 Å². The number of hydrogen-bond donors (Lipinski definition) is 0. The van der Waals surface area contributed by atoms with E-state index in [-0.39, 0.29) is 11.8 Å². The van der Waals surface area contributed by atoms with Gasteiger partial charge in [0.05, 0.1) is 36.3 Å². The van der Waals surface area contributed by atoms with E-state index in [9.17, 15) is 10.1 Å². The van der Waals surface area contributed by atoms with Crippen molar-refractivity contribution < 1.29 is 9.53 Å². The molecule has 0 aromatic heterocycles. The average molecular weight is 406 g/mol. The Kier molecular flexibility index (Phi) is 5.61. The maximum atomic E-state index is 12.9. The first-order chi connectivity index (χ1) is 14.1. The molecule has 1 fully saturated rings. The molecule has 2 aliphatic rings. The van der Waals surface area contributed by atoms with Gasteiger partial charge in [-0.1, -0.05) is 53.7 Å². The standard InChI is InChI=1S/C23H23N3O2S/c1-16-3-7-18(8-4-16)20-11-22(27)26-14-25(15-29-23(26)21(20)12-24)13-17-5-9-19(28-2)10-6-17/h3-10,20H,11,13-15H2,1-2H3/t20-/m1/s1. The fourth-order valence-electron chi connectivity index (χ4n) is 3.78. The molecule has 0 N–H and O–H groups in total. The number of nitriles is 1. The molecule has 1 atom stereocenters. The van der Waals surface area contributed by atoms with Crippen LogP contribution in [-0.4, -0.2) is 35.4 Å². The van der Waals surface area contributed by atoms with Crippen LogP contribution < -0.4 is 4.74 Å². The molecule has 6 heteroatoms. The Morgan fingerprint density at radius 2 is 1.90 bits per heavy atom. The molecule has 1 saturated heterocycles. The van der Waals surface area contributed by atoms with Crippen molar-refractivity contribution >= 4 is 17.7 Å². The van der Waals surface area contributed by atoms with Gasteiger partial charge in [0.25, 0.3) is 0 Å². The number of carbonyl (C=O) groups is 1. The van der Waals surface area contributed by atoms with Crippen molar-refractivity contribution in [2.24, 2.45) is 0 Å². The second-order valence-corrected chi connectivity index (χ2v) is 8.35. The number of fused-ring (bicyclic) bond motifs is 1. The predicted octanol–water partition coefficient (Wildman–Crippen LogP) is 4.22. The second-order valence-electron chi connectivity index (χ2n) is 7.41. The van der Waals surface area contributed by atoms with Crippen LogP contribution >= 0.6 is 11.8 Å². The Labute approximate surface area is 175 Å². The van der Waals surface area contributed by atoms with E-state index < -0.39 is 0 Å². The van der Waals surface area contributed by atoms with E-state index in [1.807, 2.05) is 55.5 Å². The van der Waals surface area contributed by atoms with Crippen molar-refractivity contribution in [1.82, 2.24) is 9.80 Å². The number of thioether (sulfide) groups is 1. The van der Waals surface area contributed by atoms with Gasteiger partial charge in [-0.05, 0) is 30.2 Å². The molecule has 4 rings (SSSR count). The molecule has 2 aliphatic heterocycles. The van der Waals surface area contributed by atoms with Gasteiger partial charge in [0.15, 0.2) is 0 Å². The molecule has 2 aromatic carbocycles. The predicted molar refractivity (Wildman–Crippen MR) is 114 cm³/mol. The Morgan fingerprint density at radius 3 is 2.55 bits per heavy atom. The van der Waals surface area contributed by atoms with Crippen LogP contribution in [-0.2, 0) is 11.3 Å². The third-order valence-electron chi connectivity index (χ3n) is 5.39. The number of hydrogen-bond acceptors (Lipinski definition) is 5. The summed E-state index contributed by atoms with van der Waals surface area (Å²) in [6, 6.07) is 18.5. The molecule has 5 nitrogen and oxygen atoms in total. The van der Waals surface area contributed by atoms with Crippen LogP contribution in [0, 0.1) is 18.3 Å². The summed E-state index contributed by atoms with van der Waals surface area (Å²) < 4.78 is 5.21. The summed E-state index contributed by atoms with van der Waals surface area (Å²) in [7, 11) is 1.66. The van der Waals surface area contributed by atoms with Gasteiger partial charge in [0, 0.05) is 18.9 Å². The van der Waals surface area contributed by atoms with Crippen LogP contribution in [0.15, 0.2) is 59.1 Å². The van der Waals surface area contributed by atoms with Crippen LogP contribution in [0.1, 0.15) is 29.0 Å². The zero-order valence-corrected chi connectivity index (χ0v) is 17.4. The van der Waals surface area contributed by atoms with Gasteiger partial charge in [-0.3, -0.25) is 14.6 Å². The quantitative estimate of drug-likeness (QED) is 0.762. The van der Waals surface area contributed by atoms with Crippen LogP contribution in [0.3, 0.4) is 0 Å². The molecule has 0 spiro atoms. The minimum absolute atomic E-state index is 0.0801. The van der Waals surface area contributed by atoms with E-state index in [0.29, 0.717) is 18.7 Å². The smallest absolute Gasteiger partial charge is 0.229 e. The molecule has 148 valence electrons. The summed E-state index contributed by atoms with van der Waals surface area (Å²) in [5.74, 6) is 1.51. The zero-order valence-electron chi connectivity index (χ0n) is 16.6. The minimum Gasteiger partial charge on any atom is -0.497 e. The number of ether oxygens (including phenoxy) is 1. The second kappa shape index (κ2) is 8.32. The number of nitrogens with zero attached hydrogens (tertiary/aromatic N) is 3. The Bertz CT molecular complexity index is 977. The highest BCUT2D eigenvalue weighted by Gasteiger charge is 2.38. The molecule has 0 bridgehead atoms. The zero-order chi connectivity index (χ0) is 20.4. The summed E-state index contributed by atoms with van der Waals surface area (Å²) in [4.78, 5) is 16.9. The van der Waals surface area contributed by atoms with Crippen LogP contribution in [0.5, 0.6) is 5.75 Å². The van der Waals surface area contributed by atoms with Gasteiger partial charge in [-0.2, -0.15) is 5.26 Å². The van der Waals surface area contributed by atoms with Gasteiger partial charge in [0.1, 0.15) is 5.75 Å². The summed E-state index contributed by atoms with van der Waals surface area (Å²) in [6.45, 7) is 3.30. The highest BCUT2D eigenvalue weighted by molar-refractivity contribution is 8.03. The van der Waals surface area contributed by atoms with Gasteiger partial charge in [-0.15, -0.1) is 0 Å². The number of allylic oxidation sites excluding steroid dienone is 1. The van der Waals surface area contributed by atoms with E-state index >= 15 is 0 Å². The van der Waals surface area contributed by atoms with E-state index in [1.165, 1.54) is 11.1 Å². The van der Waals surface area contributed by atoms with Gasteiger partial charge in [-0.25, -0.2) is 0 Å². The Morgan fingerprint density at radius 1 is 1.17 bits per heavy atom. The molecule has 0 unspecified atom stereocenters. The number of carbonyl (C=O) groups excluding carboxylic acids is 1. The third-order valence-corrected chi connectivity index (χ3v) is 6.60. The maximum absolute atomic E-state index is 12.9. The lowest BCUT2D eigenvalue weighted by atomic mass is 9.86. The molecular formula is C23H23N3O2S. The first kappa shape index (κ1) is 19.6. The Balaban J connectivity index is 1.54. The lowest BCUT2D eigenvalue weighted by molar-refractivity contribution is -0.131. The fourth-order valence-corrected chi connectivity index (χ4v) is 4.92. The normalized spacial score (nSPS) is 19.7. The van der Waals surface area contributed by atoms with Crippen molar-refractivity contribution in [2.75, 3.05) is 19.7 Å². The van der Waals surface area contributed by atoms with Crippen LogP contribution in [0.4, 0.5) is 0 Å². The highest BCUT2D eigenvalue weighted by atomic mass is 32.2. The van der Waals surface area contributed by atoms with Crippen molar-refractivity contribution in [3.63, 3.8) is 0 Å². The van der Waals surface area contributed by atoms with Crippen molar-refractivity contribution in [2.45, 2.75) is 25.8 Å². The number of rotatable bonds is 4. The topological polar surface area (TPSA) is 56.6 Å². The lowest BCUT2D eigenvalue weighted by Crippen LogP contribution is -2.46. The monoisotopic (exact) mass is 405 g/mol. The molecule has 0 aliphatic carbocycles. The van der Waals surface area contributed by atoms with Crippen molar-refractivity contribution in [3.05, 3.63) is 75.8 Å². The molecule has 2 aromatic rings. The van der Waals surface area contributed by atoms with E-state index in [1.54, 1.807) is 23.8 Å². The van der Waals surface area contributed by atoms with Gasteiger partial charge < -0.3 is 4.74 Å². The summed E-state index contributed by atoms with van der Waals surface area (Å²) in [5.41, 5.74) is 4.09.